The Labute approximate surface area is 230 Å². The molecule has 12 nitrogen and oxygen atoms in total. The predicted molar refractivity (Wildman–Crippen MR) is 140 cm³/mol. The number of ketones is 1. The second kappa shape index (κ2) is 11.1. The van der Waals surface area contributed by atoms with Crippen molar-refractivity contribution in [1.82, 2.24) is 35.0 Å². The van der Waals surface area contributed by atoms with Crippen LogP contribution in [0, 0.1) is 13.8 Å². The van der Waals surface area contributed by atoms with Gasteiger partial charge in [0.25, 0.3) is 5.91 Å². The summed E-state index contributed by atoms with van der Waals surface area (Å²) in [5.41, 5.74) is 2.79. The largest absolute Gasteiger partial charge is 0.492 e. The standard InChI is InChI=1S/C26H30ClN7O5/c1-15-25(17(3)35)16(2)34(30-15)13-24(36)32-11-21-23(12-32)39-14-19-10-33(31-29-19)7-4-8-38-22-9-18(26(37)28-21)5-6-20(22)27/h5-6,9-10,21,23H,4,7-8,11-14H2,1-3H3,(H,28,37)/t21-,23-/m0/s1. The summed E-state index contributed by atoms with van der Waals surface area (Å²) in [5, 5.41) is 16.1. The number of aryl methyl sites for hydroxylation is 2. The van der Waals surface area contributed by atoms with Gasteiger partial charge in [-0.3, -0.25) is 23.7 Å². The molecule has 0 spiro atoms. The van der Waals surface area contributed by atoms with Gasteiger partial charge in [-0.05, 0) is 39.0 Å². The fraction of sp³-hybridized carbons (Fsp3) is 0.462. The lowest BCUT2D eigenvalue weighted by molar-refractivity contribution is -0.131. The van der Waals surface area contributed by atoms with Crippen LogP contribution in [-0.2, 0) is 29.2 Å². The number of rotatable bonds is 3. The fourth-order valence-electron chi connectivity index (χ4n) is 5.00. The van der Waals surface area contributed by atoms with Crippen molar-refractivity contribution in [1.29, 1.82) is 0 Å². The minimum atomic E-state index is -0.479. The lowest BCUT2D eigenvalue weighted by Crippen LogP contribution is -2.44. The number of fused-ring (bicyclic) bond motifs is 5. The third kappa shape index (κ3) is 5.81. The van der Waals surface area contributed by atoms with Crippen molar-refractivity contribution in [3.63, 3.8) is 0 Å². The number of hydrogen-bond acceptors (Lipinski definition) is 8. The number of carbonyl (C=O) groups is 3. The zero-order valence-corrected chi connectivity index (χ0v) is 22.8. The molecule has 2 amide bonds. The molecule has 2 atom stereocenters. The number of likely N-dealkylation sites (tertiary alicyclic amines) is 1. The van der Waals surface area contributed by atoms with Crippen LogP contribution in [0.2, 0.25) is 5.02 Å². The van der Waals surface area contributed by atoms with Gasteiger partial charge in [0.2, 0.25) is 5.91 Å². The molecule has 4 bridgehead atoms. The number of Topliss-reactive ketones (excluding diaryl/α,β-unsaturated/α-hetero) is 1. The van der Waals surface area contributed by atoms with Gasteiger partial charge in [0.1, 0.15) is 18.0 Å². The molecule has 0 aliphatic carbocycles. The lowest BCUT2D eigenvalue weighted by Gasteiger charge is -2.20. The quantitative estimate of drug-likeness (QED) is 0.485. The van der Waals surface area contributed by atoms with E-state index in [9.17, 15) is 14.4 Å². The molecule has 0 radical (unpaired) electrons. The van der Waals surface area contributed by atoms with Crippen LogP contribution in [0.1, 0.15) is 51.1 Å². The molecule has 0 unspecified atom stereocenters. The normalized spacial score (nSPS) is 19.8. The maximum absolute atomic E-state index is 13.3. The van der Waals surface area contributed by atoms with Crippen molar-refractivity contribution < 1.29 is 23.9 Å². The van der Waals surface area contributed by atoms with Crippen molar-refractivity contribution in [3.05, 3.63) is 57.6 Å². The summed E-state index contributed by atoms with van der Waals surface area (Å²) in [6.45, 7) is 6.66. The first-order valence-electron chi connectivity index (χ1n) is 12.8. The molecule has 0 saturated carbocycles. The molecule has 5 rings (SSSR count). The van der Waals surface area contributed by atoms with Crippen molar-refractivity contribution in [2.24, 2.45) is 0 Å². The molecule has 39 heavy (non-hydrogen) atoms. The highest BCUT2D eigenvalue weighted by Gasteiger charge is 2.37. The monoisotopic (exact) mass is 555 g/mol. The van der Waals surface area contributed by atoms with Gasteiger partial charge < -0.3 is 19.7 Å². The molecular weight excluding hydrogens is 526 g/mol. The topological polar surface area (TPSA) is 133 Å². The zero-order valence-electron chi connectivity index (χ0n) is 22.0. The fourth-order valence-corrected chi connectivity index (χ4v) is 5.17. The molecule has 3 aromatic rings. The van der Waals surface area contributed by atoms with Gasteiger partial charge in [-0.15, -0.1) is 5.10 Å². The first-order valence-corrected chi connectivity index (χ1v) is 13.1. The van der Waals surface area contributed by atoms with E-state index in [1.54, 1.807) is 52.5 Å². The molecule has 13 heteroatoms. The number of carbonyl (C=O) groups excluding carboxylic acids is 3. The third-order valence-electron chi connectivity index (χ3n) is 6.97. The number of ether oxygens (including phenoxy) is 2. The Morgan fingerprint density at radius 2 is 2.05 bits per heavy atom. The summed E-state index contributed by atoms with van der Waals surface area (Å²) in [7, 11) is 0. The number of halogens is 1. The predicted octanol–water partition coefficient (Wildman–Crippen LogP) is 1.96. The van der Waals surface area contributed by atoms with E-state index in [0.717, 1.165) is 0 Å². The van der Waals surface area contributed by atoms with Gasteiger partial charge in [-0.2, -0.15) is 5.10 Å². The molecule has 2 aromatic heterocycles. The number of nitrogens with zero attached hydrogens (tertiary/aromatic N) is 6. The number of hydrogen-bond donors (Lipinski definition) is 1. The molecule has 1 saturated heterocycles. The van der Waals surface area contributed by atoms with Gasteiger partial charge >= 0.3 is 0 Å². The number of aromatic nitrogens is 5. The lowest BCUT2D eigenvalue weighted by atomic mass is 10.1. The average molecular weight is 556 g/mol. The van der Waals surface area contributed by atoms with Crippen molar-refractivity contribution in [3.8, 4) is 5.75 Å². The molecule has 1 N–H and O–H groups in total. The Balaban J connectivity index is 1.37. The maximum atomic E-state index is 13.3. The SMILES string of the molecule is CC(=O)c1c(C)nn(CC(=O)N2C[C@@H]3NC(=O)c4ccc(Cl)c(c4)OCCCn4cc(nn4)CO[C@H]3C2)c1C. The number of benzene rings is 1. The summed E-state index contributed by atoms with van der Waals surface area (Å²) in [6, 6.07) is 4.39. The van der Waals surface area contributed by atoms with E-state index in [4.69, 9.17) is 21.1 Å². The van der Waals surface area contributed by atoms with Crippen LogP contribution in [0.4, 0.5) is 0 Å². The van der Waals surface area contributed by atoms with E-state index in [1.165, 1.54) is 6.92 Å². The summed E-state index contributed by atoms with van der Waals surface area (Å²) < 4.78 is 15.2. The van der Waals surface area contributed by atoms with E-state index in [0.29, 0.717) is 58.6 Å². The molecule has 206 valence electrons. The second-order valence-corrected chi connectivity index (χ2v) is 10.2. The summed E-state index contributed by atoms with van der Waals surface area (Å²) in [5.74, 6) is -0.196. The van der Waals surface area contributed by atoms with Crippen LogP contribution in [-0.4, -0.2) is 79.1 Å². The zero-order chi connectivity index (χ0) is 27.7. The van der Waals surface area contributed by atoms with Crippen molar-refractivity contribution in [2.75, 3.05) is 19.7 Å². The van der Waals surface area contributed by atoms with Gasteiger partial charge in [0.05, 0.1) is 47.8 Å². The Morgan fingerprint density at radius 1 is 1.23 bits per heavy atom. The molecule has 1 fully saturated rings. The molecule has 4 heterocycles. The smallest absolute Gasteiger partial charge is 0.251 e. The van der Waals surface area contributed by atoms with Crippen LogP contribution in [0.3, 0.4) is 0 Å². The first kappa shape index (κ1) is 26.8. The minimum absolute atomic E-state index is 0.0282. The van der Waals surface area contributed by atoms with Crippen LogP contribution in [0.25, 0.3) is 0 Å². The molecule has 1 aromatic carbocycles. The van der Waals surface area contributed by atoms with Gasteiger partial charge in [-0.1, -0.05) is 16.8 Å². The Bertz CT molecular complexity index is 1420. The average Bonchev–Trinajstić information content (AvgIpc) is 3.58. The van der Waals surface area contributed by atoms with E-state index in [2.05, 4.69) is 20.7 Å². The molecule has 2 aliphatic heterocycles. The highest BCUT2D eigenvalue weighted by molar-refractivity contribution is 6.32. The summed E-state index contributed by atoms with van der Waals surface area (Å²) >= 11 is 6.29. The molecular formula is C26H30ClN7O5. The van der Waals surface area contributed by atoms with Gasteiger partial charge in [0, 0.05) is 37.3 Å². The van der Waals surface area contributed by atoms with Crippen LogP contribution in [0.5, 0.6) is 5.75 Å². The Kier molecular flexibility index (Phi) is 7.67. The summed E-state index contributed by atoms with van der Waals surface area (Å²) in [4.78, 5) is 40.1. The van der Waals surface area contributed by atoms with E-state index in [-0.39, 0.29) is 43.8 Å². The van der Waals surface area contributed by atoms with Crippen molar-refractivity contribution in [2.45, 2.75) is 59.0 Å². The molecule has 2 aliphatic rings. The van der Waals surface area contributed by atoms with Gasteiger partial charge in [-0.25, -0.2) is 0 Å². The highest BCUT2D eigenvalue weighted by atomic mass is 35.5. The maximum Gasteiger partial charge on any atom is 0.251 e. The van der Waals surface area contributed by atoms with E-state index in [1.807, 2.05) is 0 Å². The van der Waals surface area contributed by atoms with E-state index < -0.39 is 12.1 Å². The second-order valence-electron chi connectivity index (χ2n) is 9.81. The van der Waals surface area contributed by atoms with Crippen molar-refractivity contribution >= 4 is 29.2 Å². The van der Waals surface area contributed by atoms with Crippen LogP contribution < -0.4 is 10.1 Å². The summed E-state index contributed by atoms with van der Waals surface area (Å²) in [6.07, 6.45) is 1.99. The number of amides is 2. The Morgan fingerprint density at radius 3 is 2.82 bits per heavy atom. The minimum Gasteiger partial charge on any atom is -0.492 e. The van der Waals surface area contributed by atoms with Crippen LogP contribution in [0.15, 0.2) is 24.4 Å². The third-order valence-corrected chi connectivity index (χ3v) is 7.28. The highest BCUT2D eigenvalue weighted by Crippen LogP contribution is 2.26. The Hall–Kier alpha value is -3.77. The first-order chi connectivity index (χ1) is 18.7. The van der Waals surface area contributed by atoms with Crippen LogP contribution >= 0.6 is 11.6 Å². The number of nitrogens with one attached hydrogen (secondary N) is 1. The van der Waals surface area contributed by atoms with E-state index >= 15 is 0 Å². The van der Waals surface area contributed by atoms with Gasteiger partial charge in [0.15, 0.2) is 5.78 Å².